The van der Waals surface area contributed by atoms with E-state index in [1.807, 2.05) is 30.3 Å². The van der Waals surface area contributed by atoms with E-state index in [9.17, 15) is 9.90 Å². The van der Waals surface area contributed by atoms with E-state index >= 15 is 0 Å². The summed E-state index contributed by atoms with van der Waals surface area (Å²) in [5.74, 6) is 0.441. The summed E-state index contributed by atoms with van der Waals surface area (Å²) in [6.07, 6.45) is 2.08. The summed E-state index contributed by atoms with van der Waals surface area (Å²) in [5.41, 5.74) is 1.70. The smallest absolute Gasteiger partial charge is 0.165 e. The minimum absolute atomic E-state index is 0.129. The van der Waals surface area contributed by atoms with Gasteiger partial charge in [0.2, 0.25) is 0 Å². The highest BCUT2D eigenvalue weighted by Gasteiger charge is 2.32. The second-order valence-electron chi connectivity index (χ2n) is 5.41. The molecular weight excluding hydrogens is 292 g/mol. The molecule has 0 saturated heterocycles. The zero-order valence-corrected chi connectivity index (χ0v) is 12.8. The number of rotatable bonds is 5. The number of carbonyl (C=O) groups excluding carboxylic acids is 1. The van der Waals surface area contributed by atoms with Gasteiger partial charge in [0.15, 0.2) is 5.78 Å². The molecule has 118 valence electrons. The maximum Gasteiger partial charge on any atom is 0.165 e. The Bertz CT molecular complexity index is 721. The average molecular weight is 310 g/mol. The lowest BCUT2D eigenvalue weighted by atomic mass is 9.93. The Morgan fingerprint density at radius 3 is 2.57 bits per heavy atom. The van der Waals surface area contributed by atoms with Crippen molar-refractivity contribution in [2.45, 2.75) is 18.6 Å². The maximum absolute atomic E-state index is 12.0. The van der Waals surface area contributed by atoms with Gasteiger partial charge in [-0.25, -0.2) is 0 Å². The molecule has 0 amide bonds. The quantitative estimate of drug-likeness (QED) is 0.922. The van der Waals surface area contributed by atoms with E-state index in [-0.39, 0.29) is 5.78 Å². The molecular formula is C19H18O4. The summed E-state index contributed by atoms with van der Waals surface area (Å²) in [6.45, 7) is 0.437. The number of ether oxygens (including phenoxy) is 2. The van der Waals surface area contributed by atoms with Crippen LogP contribution in [0.4, 0.5) is 0 Å². The Morgan fingerprint density at radius 1 is 1.13 bits per heavy atom. The van der Waals surface area contributed by atoms with Crippen LogP contribution in [0.25, 0.3) is 0 Å². The van der Waals surface area contributed by atoms with Crippen LogP contribution in [0.5, 0.6) is 11.5 Å². The van der Waals surface area contributed by atoms with Crippen LogP contribution in [0.15, 0.2) is 60.7 Å². The zero-order valence-electron chi connectivity index (χ0n) is 12.8. The lowest BCUT2D eigenvalue weighted by Crippen LogP contribution is -2.18. The van der Waals surface area contributed by atoms with Gasteiger partial charge in [-0.2, -0.15) is 0 Å². The molecule has 23 heavy (non-hydrogen) atoms. The third kappa shape index (κ3) is 3.27. The molecule has 4 nitrogen and oxygen atoms in total. The first kappa shape index (κ1) is 15.3. The minimum atomic E-state index is -0.833. The number of hydrogen-bond donors (Lipinski definition) is 1. The zero-order chi connectivity index (χ0) is 16.2. The Labute approximate surface area is 135 Å². The Kier molecular flexibility index (Phi) is 4.44. The van der Waals surface area contributed by atoms with Crippen molar-refractivity contribution in [2.75, 3.05) is 7.11 Å². The Morgan fingerprint density at radius 2 is 1.91 bits per heavy atom. The van der Waals surface area contributed by atoms with Crippen molar-refractivity contribution in [2.24, 2.45) is 0 Å². The van der Waals surface area contributed by atoms with Crippen LogP contribution in [-0.2, 0) is 11.4 Å². The van der Waals surface area contributed by atoms with Crippen LogP contribution in [0.2, 0.25) is 0 Å². The molecule has 1 aliphatic rings. The van der Waals surface area contributed by atoms with E-state index in [0.29, 0.717) is 23.7 Å². The number of methoxy groups -OCH3 is 1. The topological polar surface area (TPSA) is 55.8 Å². The fourth-order valence-corrected chi connectivity index (χ4v) is 2.70. The molecule has 2 aromatic rings. The van der Waals surface area contributed by atoms with Crippen LogP contribution < -0.4 is 9.47 Å². The van der Waals surface area contributed by atoms with E-state index in [1.165, 1.54) is 12.2 Å². The Balaban J connectivity index is 1.83. The standard InChI is InChI=1S/C19H18O4/c1-22-18-10-7-14(23-12-13-5-3-2-4-6-13)11-15(18)19-16(20)8-9-17(19)21/h2-11,16,19-20H,12H2,1H3. The van der Waals surface area contributed by atoms with Crippen LogP contribution in [0.3, 0.4) is 0 Å². The van der Waals surface area contributed by atoms with Gasteiger partial charge in [0.1, 0.15) is 18.1 Å². The summed E-state index contributed by atoms with van der Waals surface area (Å²) < 4.78 is 11.1. The van der Waals surface area contributed by atoms with E-state index in [4.69, 9.17) is 9.47 Å². The first-order chi connectivity index (χ1) is 11.2. The number of ketones is 1. The number of hydrogen-bond acceptors (Lipinski definition) is 4. The highest BCUT2D eigenvalue weighted by molar-refractivity contribution is 5.99. The molecule has 1 aliphatic carbocycles. The van der Waals surface area contributed by atoms with Crippen molar-refractivity contribution in [1.29, 1.82) is 0 Å². The minimum Gasteiger partial charge on any atom is -0.496 e. The first-order valence-electron chi connectivity index (χ1n) is 7.44. The lowest BCUT2D eigenvalue weighted by molar-refractivity contribution is -0.116. The summed E-state index contributed by atoms with van der Waals surface area (Å²) in [6, 6.07) is 15.2. The third-order valence-corrected chi connectivity index (χ3v) is 3.89. The largest absolute Gasteiger partial charge is 0.496 e. The van der Waals surface area contributed by atoms with Crippen molar-refractivity contribution in [3.63, 3.8) is 0 Å². The van der Waals surface area contributed by atoms with Gasteiger partial charge in [-0.05, 0) is 29.8 Å². The predicted molar refractivity (Wildman–Crippen MR) is 86.7 cm³/mol. The van der Waals surface area contributed by atoms with Gasteiger partial charge >= 0.3 is 0 Å². The van der Waals surface area contributed by atoms with Crippen molar-refractivity contribution in [3.8, 4) is 11.5 Å². The van der Waals surface area contributed by atoms with Crippen LogP contribution in [-0.4, -0.2) is 24.1 Å². The molecule has 4 heteroatoms. The second-order valence-corrected chi connectivity index (χ2v) is 5.41. The number of aliphatic hydroxyl groups is 1. The van der Waals surface area contributed by atoms with E-state index in [0.717, 1.165) is 5.56 Å². The van der Waals surface area contributed by atoms with Crippen LogP contribution in [0.1, 0.15) is 17.0 Å². The predicted octanol–water partition coefficient (Wildman–Crippen LogP) is 2.86. The molecule has 2 unspecified atom stereocenters. The van der Waals surface area contributed by atoms with Gasteiger partial charge in [0.05, 0.1) is 19.1 Å². The molecule has 3 rings (SSSR count). The van der Waals surface area contributed by atoms with Crippen molar-refractivity contribution in [3.05, 3.63) is 71.8 Å². The van der Waals surface area contributed by atoms with Gasteiger partial charge in [0, 0.05) is 5.56 Å². The molecule has 0 radical (unpaired) electrons. The molecule has 1 N–H and O–H groups in total. The molecule has 0 saturated carbocycles. The van der Waals surface area contributed by atoms with Gasteiger partial charge in [-0.15, -0.1) is 0 Å². The van der Waals surface area contributed by atoms with Crippen LogP contribution >= 0.6 is 0 Å². The SMILES string of the molecule is COc1ccc(OCc2ccccc2)cc1C1C(=O)C=CC1O. The molecule has 2 aromatic carbocycles. The van der Waals surface area contributed by atoms with Gasteiger partial charge < -0.3 is 14.6 Å². The lowest BCUT2D eigenvalue weighted by Gasteiger charge is -2.18. The van der Waals surface area contributed by atoms with Crippen molar-refractivity contribution in [1.82, 2.24) is 0 Å². The molecule has 0 spiro atoms. The summed E-state index contributed by atoms with van der Waals surface area (Å²) in [7, 11) is 1.54. The van der Waals surface area contributed by atoms with Crippen molar-refractivity contribution >= 4 is 5.78 Å². The highest BCUT2D eigenvalue weighted by atomic mass is 16.5. The average Bonchev–Trinajstić information content (AvgIpc) is 2.92. The summed E-state index contributed by atoms with van der Waals surface area (Å²) >= 11 is 0. The number of benzene rings is 2. The third-order valence-electron chi connectivity index (χ3n) is 3.89. The van der Waals surface area contributed by atoms with E-state index in [2.05, 4.69) is 0 Å². The normalized spacial score (nSPS) is 19.8. The molecule has 0 aliphatic heterocycles. The van der Waals surface area contributed by atoms with E-state index in [1.54, 1.807) is 25.3 Å². The fourth-order valence-electron chi connectivity index (χ4n) is 2.70. The molecule has 0 fully saturated rings. The molecule has 2 atom stereocenters. The van der Waals surface area contributed by atoms with Crippen molar-refractivity contribution < 1.29 is 19.4 Å². The molecule has 0 aromatic heterocycles. The van der Waals surface area contributed by atoms with Gasteiger partial charge in [-0.3, -0.25) is 4.79 Å². The van der Waals surface area contributed by atoms with Gasteiger partial charge in [0.25, 0.3) is 0 Å². The molecule has 0 heterocycles. The number of aliphatic hydroxyl groups excluding tert-OH is 1. The fraction of sp³-hybridized carbons (Fsp3) is 0.211. The second kappa shape index (κ2) is 6.67. The highest BCUT2D eigenvalue weighted by Crippen LogP contribution is 2.36. The first-order valence-corrected chi connectivity index (χ1v) is 7.44. The molecule has 0 bridgehead atoms. The Hall–Kier alpha value is -2.59. The number of allylic oxidation sites excluding steroid dienone is 1. The number of carbonyl (C=O) groups is 1. The maximum atomic E-state index is 12.0. The summed E-state index contributed by atoms with van der Waals surface area (Å²) in [5, 5.41) is 10.0. The van der Waals surface area contributed by atoms with Crippen LogP contribution in [0, 0.1) is 0 Å². The van der Waals surface area contributed by atoms with E-state index < -0.39 is 12.0 Å². The summed E-state index contributed by atoms with van der Waals surface area (Å²) in [4.78, 5) is 12.0. The van der Waals surface area contributed by atoms with Gasteiger partial charge in [-0.1, -0.05) is 36.4 Å². The monoisotopic (exact) mass is 310 g/mol.